The Labute approximate surface area is 144 Å². The zero-order valence-electron chi connectivity index (χ0n) is 12.5. The number of nitro benzene ring substituents is 3. The van der Waals surface area contributed by atoms with E-state index in [1.54, 1.807) is 0 Å². The number of anilines is 2. The van der Waals surface area contributed by atoms with Crippen LogP contribution in [-0.2, 0) is 0 Å². The third-order valence-corrected chi connectivity index (χ3v) is 3.35. The summed E-state index contributed by atoms with van der Waals surface area (Å²) in [5.41, 5.74) is -2.54. The second-order valence-electron chi connectivity index (χ2n) is 4.60. The van der Waals surface area contributed by atoms with Crippen LogP contribution in [0.4, 0.5) is 28.4 Å². The van der Waals surface area contributed by atoms with Crippen molar-refractivity contribution < 1.29 is 19.5 Å². The van der Waals surface area contributed by atoms with Crippen molar-refractivity contribution in [3.8, 4) is 5.75 Å². The zero-order valence-corrected chi connectivity index (χ0v) is 13.2. The standard InChI is InChI=1S/C13H9ClN4O7/c1-25-8-5-11(17(21)22)13(12(6-8)18(23)24)15-9-3-2-7(14)4-10(9)16(19)20/h2-6,15H,1H3. The number of rotatable bonds is 6. The quantitative estimate of drug-likeness (QED) is 0.596. The first-order valence-electron chi connectivity index (χ1n) is 6.46. The molecule has 0 fully saturated rings. The first kappa shape index (κ1) is 17.9. The Morgan fingerprint density at radius 3 is 1.88 bits per heavy atom. The molecular weight excluding hydrogens is 360 g/mol. The highest BCUT2D eigenvalue weighted by atomic mass is 35.5. The number of methoxy groups -OCH3 is 1. The smallest absolute Gasteiger partial charge is 0.303 e. The maximum atomic E-state index is 11.3. The highest BCUT2D eigenvalue weighted by molar-refractivity contribution is 6.31. The molecule has 1 N–H and O–H groups in total. The van der Waals surface area contributed by atoms with Gasteiger partial charge < -0.3 is 10.1 Å². The fourth-order valence-electron chi connectivity index (χ4n) is 2.02. The van der Waals surface area contributed by atoms with Crippen LogP contribution in [-0.4, -0.2) is 21.9 Å². The molecule has 0 aliphatic heterocycles. The van der Waals surface area contributed by atoms with Crippen LogP contribution < -0.4 is 10.1 Å². The molecule has 2 rings (SSSR count). The maximum Gasteiger partial charge on any atom is 0.303 e. The second kappa shape index (κ2) is 6.97. The van der Waals surface area contributed by atoms with E-state index in [4.69, 9.17) is 16.3 Å². The van der Waals surface area contributed by atoms with Gasteiger partial charge >= 0.3 is 11.4 Å². The van der Waals surface area contributed by atoms with Crippen LogP contribution in [0.3, 0.4) is 0 Å². The molecule has 0 unspecified atom stereocenters. The number of nitro groups is 3. The molecule has 0 heterocycles. The normalized spacial score (nSPS) is 10.2. The van der Waals surface area contributed by atoms with E-state index in [1.807, 2.05) is 0 Å². The van der Waals surface area contributed by atoms with Crippen LogP contribution in [0.5, 0.6) is 5.75 Å². The number of nitrogens with one attached hydrogen (secondary N) is 1. The van der Waals surface area contributed by atoms with Gasteiger partial charge in [0.15, 0.2) is 5.69 Å². The number of ether oxygens (including phenoxy) is 1. The summed E-state index contributed by atoms with van der Waals surface area (Å²) in [7, 11) is 1.19. The fourth-order valence-corrected chi connectivity index (χ4v) is 2.18. The van der Waals surface area contributed by atoms with Crippen molar-refractivity contribution in [2.45, 2.75) is 0 Å². The molecule has 0 amide bonds. The summed E-state index contributed by atoms with van der Waals surface area (Å²) in [5, 5.41) is 36.1. The molecule has 12 heteroatoms. The Balaban J connectivity index is 2.69. The largest absolute Gasteiger partial charge is 0.496 e. The zero-order chi connectivity index (χ0) is 18.7. The van der Waals surface area contributed by atoms with E-state index < -0.39 is 37.5 Å². The van der Waals surface area contributed by atoms with Crippen molar-refractivity contribution in [3.63, 3.8) is 0 Å². The van der Waals surface area contributed by atoms with Gasteiger partial charge in [-0.3, -0.25) is 30.3 Å². The van der Waals surface area contributed by atoms with E-state index in [9.17, 15) is 30.3 Å². The Morgan fingerprint density at radius 1 is 0.920 bits per heavy atom. The summed E-state index contributed by atoms with van der Waals surface area (Å²) in [6, 6.07) is 5.45. The minimum atomic E-state index is -0.862. The van der Waals surface area contributed by atoms with Crippen molar-refractivity contribution in [2.75, 3.05) is 12.4 Å². The summed E-state index contributed by atoms with van der Waals surface area (Å²) < 4.78 is 4.82. The Morgan fingerprint density at radius 2 is 1.44 bits per heavy atom. The Kier molecular flexibility index (Phi) is 4.98. The third-order valence-electron chi connectivity index (χ3n) is 3.12. The summed E-state index contributed by atoms with van der Waals surface area (Å²) in [6.45, 7) is 0. The van der Waals surface area contributed by atoms with Crippen molar-refractivity contribution >= 4 is 40.0 Å². The van der Waals surface area contributed by atoms with Crippen LogP contribution in [0.25, 0.3) is 0 Å². The van der Waals surface area contributed by atoms with Gasteiger partial charge in [0.2, 0.25) is 0 Å². The number of hydrogen-bond donors (Lipinski definition) is 1. The van der Waals surface area contributed by atoms with Gasteiger partial charge in [-0.2, -0.15) is 0 Å². The lowest BCUT2D eigenvalue weighted by atomic mass is 10.2. The molecule has 0 spiro atoms. The molecule has 11 nitrogen and oxygen atoms in total. The van der Waals surface area contributed by atoms with Crippen LogP contribution in [0, 0.1) is 30.3 Å². The van der Waals surface area contributed by atoms with Crippen LogP contribution in [0.1, 0.15) is 0 Å². The molecule has 0 bridgehead atoms. The van der Waals surface area contributed by atoms with E-state index >= 15 is 0 Å². The molecule has 0 aliphatic carbocycles. The van der Waals surface area contributed by atoms with Crippen molar-refractivity contribution in [1.82, 2.24) is 0 Å². The molecule has 25 heavy (non-hydrogen) atoms. The first-order chi connectivity index (χ1) is 11.7. The van der Waals surface area contributed by atoms with Gasteiger partial charge in [0, 0.05) is 11.1 Å². The summed E-state index contributed by atoms with van der Waals surface area (Å²) in [6.07, 6.45) is 0. The van der Waals surface area contributed by atoms with E-state index in [-0.39, 0.29) is 16.5 Å². The van der Waals surface area contributed by atoms with E-state index in [0.717, 1.165) is 18.2 Å². The topological polar surface area (TPSA) is 151 Å². The first-order valence-corrected chi connectivity index (χ1v) is 6.84. The number of benzene rings is 2. The lowest BCUT2D eigenvalue weighted by Crippen LogP contribution is -2.04. The molecule has 0 aromatic heterocycles. The highest BCUT2D eigenvalue weighted by Crippen LogP contribution is 2.42. The highest BCUT2D eigenvalue weighted by Gasteiger charge is 2.29. The Hall–Kier alpha value is -3.47. The molecule has 130 valence electrons. The molecule has 0 aliphatic rings. The van der Waals surface area contributed by atoms with Crippen molar-refractivity contribution in [1.29, 1.82) is 0 Å². The fraction of sp³-hybridized carbons (Fsp3) is 0.0769. The molecule has 2 aromatic carbocycles. The van der Waals surface area contributed by atoms with Gasteiger partial charge in [0.1, 0.15) is 11.4 Å². The van der Waals surface area contributed by atoms with Crippen LogP contribution in [0.2, 0.25) is 5.02 Å². The van der Waals surface area contributed by atoms with Gasteiger partial charge in [-0.25, -0.2) is 0 Å². The lowest BCUT2D eigenvalue weighted by molar-refractivity contribution is -0.392. The van der Waals surface area contributed by atoms with Crippen LogP contribution in [0.15, 0.2) is 30.3 Å². The van der Waals surface area contributed by atoms with Crippen molar-refractivity contribution in [2.24, 2.45) is 0 Å². The molecule has 0 saturated carbocycles. The summed E-state index contributed by atoms with van der Waals surface area (Å²) >= 11 is 5.70. The molecular formula is C13H9ClN4O7. The average Bonchev–Trinajstić information content (AvgIpc) is 2.55. The average molecular weight is 369 g/mol. The van der Waals surface area contributed by atoms with Gasteiger partial charge in [-0.05, 0) is 12.1 Å². The lowest BCUT2D eigenvalue weighted by Gasteiger charge is -2.10. The summed E-state index contributed by atoms with van der Waals surface area (Å²) in [4.78, 5) is 31.2. The van der Waals surface area contributed by atoms with E-state index in [1.165, 1.54) is 19.2 Å². The summed E-state index contributed by atoms with van der Waals surface area (Å²) in [5.74, 6) is -0.102. The second-order valence-corrected chi connectivity index (χ2v) is 5.03. The minimum Gasteiger partial charge on any atom is -0.496 e. The predicted molar refractivity (Wildman–Crippen MR) is 87.7 cm³/mol. The monoisotopic (exact) mass is 368 g/mol. The van der Waals surface area contributed by atoms with Gasteiger partial charge in [0.25, 0.3) is 5.69 Å². The SMILES string of the molecule is COc1cc([N+](=O)[O-])c(Nc2ccc(Cl)cc2[N+](=O)[O-])c([N+](=O)[O-])c1. The molecule has 0 radical (unpaired) electrons. The van der Waals surface area contributed by atoms with E-state index in [2.05, 4.69) is 5.32 Å². The number of hydrogen-bond acceptors (Lipinski definition) is 8. The predicted octanol–water partition coefficient (Wildman–Crippen LogP) is 3.82. The van der Waals surface area contributed by atoms with Crippen molar-refractivity contribution in [3.05, 3.63) is 65.7 Å². The minimum absolute atomic E-state index is 0.0657. The molecule has 0 atom stereocenters. The molecule has 0 saturated heterocycles. The van der Waals surface area contributed by atoms with Gasteiger partial charge in [-0.1, -0.05) is 11.6 Å². The molecule has 2 aromatic rings. The maximum absolute atomic E-state index is 11.3. The third kappa shape index (κ3) is 3.72. The number of halogens is 1. The Bertz CT molecular complexity index is 852. The van der Waals surface area contributed by atoms with Gasteiger partial charge in [-0.15, -0.1) is 0 Å². The van der Waals surface area contributed by atoms with Gasteiger partial charge in [0.05, 0.1) is 34.0 Å². The van der Waals surface area contributed by atoms with Crippen LogP contribution >= 0.6 is 11.6 Å². The number of nitrogens with zero attached hydrogens (tertiary/aromatic N) is 3. The van der Waals surface area contributed by atoms with E-state index in [0.29, 0.717) is 0 Å².